The Morgan fingerprint density at radius 1 is 1.14 bits per heavy atom. The molecule has 0 bridgehead atoms. The number of halogens is 2. The standard InChI is InChI=1S/C20H23N5O.2ClH/c1-15(10-21)20(26)23-11-18-4-2-3-5-19(18)17-8-6-16(7-9-17)12-25-14-22-13-24-25;;/h2-9,13-15H,10-12,21H2,1H3,(H,23,26);2*1H. The Kier molecular flexibility index (Phi) is 9.65. The van der Waals surface area contributed by atoms with Crippen LogP contribution in [0.1, 0.15) is 18.1 Å². The van der Waals surface area contributed by atoms with Gasteiger partial charge in [-0.05, 0) is 22.3 Å². The summed E-state index contributed by atoms with van der Waals surface area (Å²) in [7, 11) is 0. The fourth-order valence-electron chi connectivity index (χ4n) is 2.71. The maximum absolute atomic E-state index is 12.0. The third-order valence-corrected chi connectivity index (χ3v) is 4.35. The van der Waals surface area contributed by atoms with Crippen molar-refractivity contribution in [1.82, 2.24) is 20.1 Å². The summed E-state index contributed by atoms with van der Waals surface area (Å²) in [6.45, 7) is 3.35. The third kappa shape index (κ3) is 6.05. The van der Waals surface area contributed by atoms with E-state index in [9.17, 15) is 4.79 Å². The van der Waals surface area contributed by atoms with Crippen molar-refractivity contribution in [3.63, 3.8) is 0 Å². The van der Waals surface area contributed by atoms with Gasteiger partial charge in [-0.1, -0.05) is 55.5 Å². The van der Waals surface area contributed by atoms with Gasteiger partial charge < -0.3 is 11.1 Å². The van der Waals surface area contributed by atoms with E-state index < -0.39 is 0 Å². The Hall–Kier alpha value is -2.41. The topological polar surface area (TPSA) is 85.8 Å². The minimum absolute atomic E-state index is 0. The van der Waals surface area contributed by atoms with Crippen molar-refractivity contribution in [3.8, 4) is 11.1 Å². The smallest absolute Gasteiger partial charge is 0.224 e. The van der Waals surface area contributed by atoms with E-state index in [1.54, 1.807) is 11.0 Å². The molecule has 150 valence electrons. The molecule has 6 nitrogen and oxygen atoms in total. The number of carbonyl (C=O) groups excluding carboxylic acids is 1. The lowest BCUT2D eigenvalue weighted by Crippen LogP contribution is -2.32. The molecule has 1 aromatic heterocycles. The summed E-state index contributed by atoms with van der Waals surface area (Å²) in [5.74, 6) is -0.205. The van der Waals surface area contributed by atoms with Gasteiger partial charge in [0.05, 0.1) is 6.54 Å². The first-order valence-electron chi connectivity index (χ1n) is 8.65. The minimum atomic E-state index is -0.182. The Morgan fingerprint density at radius 2 is 1.86 bits per heavy atom. The number of hydrogen-bond donors (Lipinski definition) is 2. The number of amides is 1. The quantitative estimate of drug-likeness (QED) is 0.613. The highest BCUT2D eigenvalue weighted by atomic mass is 35.5. The number of rotatable bonds is 7. The molecule has 1 atom stereocenters. The van der Waals surface area contributed by atoms with Gasteiger partial charge >= 0.3 is 0 Å². The lowest BCUT2D eigenvalue weighted by atomic mass is 9.98. The monoisotopic (exact) mass is 421 g/mol. The maximum atomic E-state index is 12.0. The van der Waals surface area contributed by atoms with Crippen LogP contribution in [0.4, 0.5) is 0 Å². The normalized spacial score (nSPS) is 11.1. The van der Waals surface area contributed by atoms with Gasteiger partial charge in [0.1, 0.15) is 12.7 Å². The summed E-state index contributed by atoms with van der Waals surface area (Å²) < 4.78 is 1.79. The second kappa shape index (κ2) is 11.4. The molecular weight excluding hydrogens is 397 g/mol. The van der Waals surface area contributed by atoms with Crippen LogP contribution in [0.5, 0.6) is 0 Å². The summed E-state index contributed by atoms with van der Waals surface area (Å²) in [6.07, 6.45) is 3.23. The molecule has 0 spiro atoms. The van der Waals surface area contributed by atoms with Crippen LogP contribution in [0.3, 0.4) is 0 Å². The first-order valence-corrected chi connectivity index (χ1v) is 8.65. The van der Waals surface area contributed by atoms with Crippen molar-refractivity contribution >= 4 is 30.7 Å². The van der Waals surface area contributed by atoms with Gasteiger partial charge in [0, 0.05) is 19.0 Å². The maximum Gasteiger partial charge on any atom is 0.224 e. The van der Waals surface area contributed by atoms with Crippen molar-refractivity contribution in [1.29, 1.82) is 0 Å². The fourth-order valence-corrected chi connectivity index (χ4v) is 2.71. The zero-order valence-electron chi connectivity index (χ0n) is 15.6. The van der Waals surface area contributed by atoms with Crippen molar-refractivity contribution in [2.45, 2.75) is 20.0 Å². The Morgan fingerprint density at radius 3 is 2.50 bits per heavy atom. The van der Waals surface area contributed by atoms with E-state index in [0.717, 1.165) is 22.3 Å². The second-order valence-corrected chi connectivity index (χ2v) is 6.30. The molecule has 28 heavy (non-hydrogen) atoms. The van der Waals surface area contributed by atoms with Gasteiger partial charge in [0.25, 0.3) is 0 Å². The van der Waals surface area contributed by atoms with Gasteiger partial charge in [-0.15, -0.1) is 24.8 Å². The lowest BCUT2D eigenvalue weighted by Gasteiger charge is -2.13. The molecule has 8 heteroatoms. The molecule has 2 aromatic carbocycles. The Bertz CT molecular complexity index is 853. The van der Waals surface area contributed by atoms with Crippen LogP contribution < -0.4 is 11.1 Å². The van der Waals surface area contributed by atoms with Gasteiger partial charge in [-0.3, -0.25) is 4.79 Å². The summed E-state index contributed by atoms with van der Waals surface area (Å²) in [5, 5.41) is 7.09. The molecule has 0 aliphatic heterocycles. The zero-order chi connectivity index (χ0) is 18.4. The van der Waals surface area contributed by atoms with Crippen LogP contribution in [-0.2, 0) is 17.9 Å². The highest BCUT2D eigenvalue weighted by Gasteiger charge is 2.11. The van der Waals surface area contributed by atoms with Crippen LogP contribution in [0.15, 0.2) is 61.2 Å². The molecule has 1 amide bonds. The van der Waals surface area contributed by atoms with Gasteiger partial charge in [0.2, 0.25) is 5.91 Å². The number of nitrogens with two attached hydrogens (primary N) is 1. The van der Waals surface area contributed by atoms with E-state index in [1.807, 2.05) is 25.1 Å². The van der Waals surface area contributed by atoms with Crippen molar-refractivity contribution < 1.29 is 4.79 Å². The molecule has 3 rings (SSSR count). The summed E-state index contributed by atoms with van der Waals surface area (Å²) in [4.78, 5) is 15.9. The molecule has 1 heterocycles. The summed E-state index contributed by atoms with van der Waals surface area (Å²) >= 11 is 0. The summed E-state index contributed by atoms with van der Waals surface area (Å²) in [6, 6.07) is 16.5. The van der Waals surface area contributed by atoms with E-state index in [2.05, 4.69) is 45.7 Å². The number of nitrogens with zero attached hydrogens (tertiary/aromatic N) is 3. The van der Waals surface area contributed by atoms with Gasteiger partial charge in [0.15, 0.2) is 0 Å². The van der Waals surface area contributed by atoms with Crippen LogP contribution >= 0.6 is 24.8 Å². The number of hydrogen-bond acceptors (Lipinski definition) is 4. The largest absolute Gasteiger partial charge is 0.352 e. The van der Waals surface area contributed by atoms with Gasteiger partial charge in [-0.25, -0.2) is 9.67 Å². The van der Waals surface area contributed by atoms with Crippen LogP contribution in [-0.4, -0.2) is 27.2 Å². The molecule has 0 radical (unpaired) electrons. The number of aromatic nitrogens is 3. The molecule has 0 fully saturated rings. The average Bonchev–Trinajstić information content (AvgIpc) is 3.19. The Balaban J connectivity index is 0.00000196. The van der Waals surface area contributed by atoms with E-state index in [4.69, 9.17) is 5.73 Å². The van der Waals surface area contributed by atoms with Crippen LogP contribution in [0.25, 0.3) is 11.1 Å². The first kappa shape index (κ1) is 23.6. The van der Waals surface area contributed by atoms with E-state index in [1.165, 1.54) is 6.33 Å². The molecule has 0 aliphatic rings. The SMILES string of the molecule is CC(CN)C(=O)NCc1ccccc1-c1ccc(Cn2cncn2)cc1.Cl.Cl. The van der Waals surface area contributed by atoms with Crippen LogP contribution in [0.2, 0.25) is 0 Å². The summed E-state index contributed by atoms with van der Waals surface area (Å²) in [5.41, 5.74) is 10.0. The van der Waals surface area contributed by atoms with Crippen LogP contribution in [0, 0.1) is 5.92 Å². The molecular formula is C20H25Cl2N5O. The second-order valence-electron chi connectivity index (χ2n) is 6.30. The molecule has 3 N–H and O–H groups in total. The molecule has 0 saturated carbocycles. The predicted molar refractivity (Wildman–Crippen MR) is 116 cm³/mol. The first-order chi connectivity index (χ1) is 12.7. The minimum Gasteiger partial charge on any atom is -0.352 e. The number of nitrogens with one attached hydrogen (secondary N) is 1. The van der Waals surface area contributed by atoms with Crippen molar-refractivity contribution in [2.24, 2.45) is 11.7 Å². The Labute approximate surface area is 177 Å². The van der Waals surface area contributed by atoms with Crippen molar-refractivity contribution in [2.75, 3.05) is 6.54 Å². The van der Waals surface area contributed by atoms with E-state index in [0.29, 0.717) is 19.6 Å². The predicted octanol–water partition coefficient (Wildman–Crippen LogP) is 3.05. The highest BCUT2D eigenvalue weighted by molar-refractivity contribution is 5.85. The fraction of sp³-hybridized carbons (Fsp3) is 0.250. The lowest BCUT2D eigenvalue weighted by molar-refractivity contribution is -0.124. The number of carbonyl (C=O) groups is 1. The molecule has 0 aliphatic carbocycles. The van der Waals surface area contributed by atoms with E-state index in [-0.39, 0.29) is 36.6 Å². The van der Waals surface area contributed by atoms with Gasteiger partial charge in [-0.2, -0.15) is 5.10 Å². The zero-order valence-corrected chi connectivity index (χ0v) is 17.2. The molecule has 0 saturated heterocycles. The highest BCUT2D eigenvalue weighted by Crippen LogP contribution is 2.24. The molecule has 1 unspecified atom stereocenters. The number of benzene rings is 2. The third-order valence-electron chi connectivity index (χ3n) is 4.35. The molecule has 3 aromatic rings. The average molecular weight is 422 g/mol. The van der Waals surface area contributed by atoms with E-state index >= 15 is 0 Å². The van der Waals surface area contributed by atoms with Crippen molar-refractivity contribution in [3.05, 3.63) is 72.3 Å².